The van der Waals surface area contributed by atoms with Crippen LogP contribution in [0.5, 0.6) is 0 Å². The minimum atomic E-state index is -0.530. The first-order valence-corrected chi connectivity index (χ1v) is 3.80. The molecule has 10 heavy (non-hydrogen) atoms. The Morgan fingerprint density at radius 1 is 1.80 bits per heavy atom. The van der Waals surface area contributed by atoms with Crippen molar-refractivity contribution < 1.29 is 5.11 Å². The number of aliphatic hydroxyl groups is 1. The maximum absolute atomic E-state index is 9.26. The molecule has 1 rings (SSSR count). The third-order valence-electron chi connectivity index (χ3n) is 1.11. The molecule has 0 aliphatic heterocycles. The molecule has 0 unspecified atom stereocenters. The van der Waals surface area contributed by atoms with Crippen LogP contribution in [0.15, 0.2) is 35.9 Å². The van der Waals surface area contributed by atoms with Crippen molar-refractivity contribution in [1.29, 1.82) is 0 Å². The molecule has 0 radical (unpaired) electrons. The second kappa shape index (κ2) is 3.37. The monoisotopic (exact) mass is 152 g/mol. The van der Waals surface area contributed by atoms with Crippen molar-refractivity contribution >= 4 is 11.3 Å². The molecule has 0 fully saturated rings. The van der Waals surface area contributed by atoms with Crippen molar-refractivity contribution in [3.8, 4) is 0 Å². The molecule has 2 heteroatoms. The van der Waals surface area contributed by atoms with Gasteiger partial charge in [-0.2, -0.15) is 0 Å². The highest BCUT2D eigenvalue weighted by molar-refractivity contribution is 7.10. The fourth-order valence-electron chi connectivity index (χ4n) is 0.653. The Kier molecular flexibility index (Phi) is 2.46. The Bertz CT molecular complexity index is 232. The maximum Gasteiger partial charge on any atom is 0.114 e. The van der Waals surface area contributed by atoms with E-state index in [1.165, 1.54) is 17.4 Å². The molecule has 0 saturated carbocycles. The molecule has 1 nitrogen and oxygen atoms in total. The molecule has 0 amide bonds. The van der Waals surface area contributed by atoms with Crippen LogP contribution in [-0.4, -0.2) is 5.11 Å². The maximum atomic E-state index is 9.26. The van der Waals surface area contributed by atoms with Gasteiger partial charge in [-0.25, -0.2) is 0 Å². The van der Waals surface area contributed by atoms with Crippen molar-refractivity contribution in [3.63, 3.8) is 0 Å². The van der Waals surface area contributed by atoms with Crippen LogP contribution in [0.4, 0.5) is 0 Å². The molecule has 1 heterocycles. The molecule has 0 saturated heterocycles. The summed E-state index contributed by atoms with van der Waals surface area (Å²) < 4.78 is 0. The van der Waals surface area contributed by atoms with Gasteiger partial charge in [0.05, 0.1) is 0 Å². The van der Waals surface area contributed by atoms with E-state index in [0.29, 0.717) is 0 Å². The SMILES string of the molecule is C=C=C[C@H](O)c1cccs1. The highest BCUT2D eigenvalue weighted by atomic mass is 32.1. The largest absolute Gasteiger partial charge is 0.383 e. The average Bonchev–Trinajstić information content (AvgIpc) is 2.38. The Morgan fingerprint density at radius 2 is 2.60 bits per heavy atom. The molecule has 1 N–H and O–H groups in total. The third-order valence-corrected chi connectivity index (χ3v) is 2.05. The van der Waals surface area contributed by atoms with Crippen LogP contribution < -0.4 is 0 Å². The Balaban J connectivity index is 2.76. The highest BCUT2D eigenvalue weighted by Gasteiger charge is 2.01. The van der Waals surface area contributed by atoms with E-state index in [1.54, 1.807) is 0 Å². The number of thiophene rings is 1. The van der Waals surface area contributed by atoms with Gasteiger partial charge in [-0.1, -0.05) is 12.6 Å². The molecular formula is C8H8OS. The highest BCUT2D eigenvalue weighted by Crippen LogP contribution is 2.18. The summed E-state index contributed by atoms with van der Waals surface area (Å²) in [6.07, 6.45) is 1.00. The van der Waals surface area contributed by atoms with Gasteiger partial charge in [0.1, 0.15) is 6.10 Å². The van der Waals surface area contributed by atoms with Crippen LogP contribution in [0.1, 0.15) is 11.0 Å². The third kappa shape index (κ3) is 1.58. The number of hydrogen-bond donors (Lipinski definition) is 1. The smallest absolute Gasteiger partial charge is 0.114 e. The standard InChI is InChI=1S/C8H8OS/c1-2-4-7(9)8-5-3-6-10-8/h3-7,9H,1H2/t7-/m0/s1. The zero-order chi connectivity index (χ0) is 7.40. The molecule has 52 valence electrons. The lowest BCUT2D eigenvalue weighted by Crippen LogP contribution is -1.86. The van der Waals surface area contributed by atoms with Crippen molar-refractivity contribution in [1.82, 2.24) is 0 Å². The van der Waals surface area contributed by atoms with Gasteiger partial charge in [0.2, 0.25) is 0 Å². The molecule has 0 bridgehead atoms. The normalized spacial score (nSPS) is 12.1. The van der Waals surface area contributed by atoms with Gasteiger partial charge in [-0.15, -0.1) is 17.1 Å². The van der Waals surface area contributed by atoms with Gasteiger partial charge in [0, 0.05) is 4.88 Å². The first-order valence-electron chi connectivity index (χ1n) is 2.92. The zero-order valence-electron chi connectivity index (χ0n) is 5.45. The first-order chi connectivity index (χ1) is 4.84. The van der Waals surface area contributed by atoms with Gasteiger partial charge in [-0.05, 0) is 17.5 Å². The van der Waals surface area contributed by atoms with E-state index in [0.717, 1.165) is 4.88 Å². The van der Waals surface area contributed by atoms with Crippen molar-refractivity contribution in [2.45, 2.75) is 6.10 Å². The second-order valence-corrected chi connectivity index (χ2v) is 2.81. The summed E-state index contributed by atoms with van der Waals surface area (Å²) in [6.45, 7) is 3.37. The zero-order valence-corrected chi connectivity index (χ0v) is 6.27. The molecule has 0 aliphatic carbocycles. The summed E-state index contributed by atoms with van der Waals surface area (Å²) in [5.74, 6) is 0. The van der Waals surface area contributed by atoms with Gasteiger partial charge in [0.25, 0.3) is 0 Å². The Hall–Kier alpha value is -0.820. The van der Waals surface area contributed by atoms with E-state index >= 15 is 0 Å². The van der Waals surface area contributed by atoms with Gasteiger partial charge >= 0.3 is 0 Å². The van der Waals surface area contributed by atoms with Gasteiger partial charge in [-0.3, -0.25) is 0 Å². The molecule has 1 atom stereocenters. The summed E-state index contributed by atoms with van der Waals surface area (Å²) in [7, 11) is 0. The number of aliphatic hydroxyl groups excluding tert-OH is 1. The van der Waals surface area contributed by atoms with Crippen molar-refractivity contribution in [3.05, 3.63) is 40.8 Å². The van der Waals surface area contributed by atoms with E-state index in [-0.39, 0.29) is 0 Å². The minimum Gasteiger partial charge on any atom is -0.383 e. The molecule has 1 aromatic rings. The van der Waals surface area contributed by atoms with Gasteiger partial charge in [0.15, 0.2) is 0 Å². The lowest BCUT2D eigenvalue weighted by Gasteiger charge is -1.97. The van der Waals surface area contributed by atoms with Crippen molar-refractivity contribution in [2.75, 3.05) is 0 Å². The predicted octanol–water partition coefficient (Wildman–Crippen LogP) is 2.12. The first kappa shape index (κ1) is 7.29. The van der Waals surface area contributed by atoms with E-state index in [1.807, 2.05) is 17.5 Å². The summed E-state index contributed by atoms with van der Waals surface area (Å²) >= 11 is 1.52. The predicted molar refractivity (Wildman–Crippen MR) is 43.0 cm³/mol. The van der Waals surface area contributed by atoms with E-state index in [9.17, 15) is 5.11 Å². The lowest BCUT2D eigenvalue weighted by molar-refractivity contribution is 0.233. The number of rotatable bonds is 2. The molecule has 0 aliphatic rings. The summed E-state index contributed by atoms with van der Waals surface area (Å²) in [4.78, 5) is 0.927. The van der Waals surface area contributed by atoms with E-state index in [2.05, 4.69) is 12.3 Å². The van der Waals surface area contributed by atoms with Crippen LogP contribution in [-0.2, 0) is 0 Å². The topological polar surface area (TPSA) is 20.2 Å². The van der Waals surface area contributed by atoms with Crippen LogP contribution in [0.3, 0.4) is 0 Å². The fraction of sp³-hybridized carbons (Fsp3) is 0.125. The average molecular weight is 152 g/mol. The fourth-order valence-corrected chi connectivity index (χ4v) is 1.33. The number of hydrogen-bond acceptors (Lipinski definition) is 2. The summed E-state index contributed by atoms with van der Waals surface area (Å²) in [5.41, 5.74) is 2.54. The molecule has 0 spiro atoms. The van der Waals surface area contributed by atoms with E-state index < -0.39 is 6.10 Å². The second-order valence-electron chi connectivity index (χ2n) is 1.83. The van der Waals surface area contributed by atoms with E-state index in [4.69, 9.17) is 0 Å². The summed E-state index contributed by atoms with van der Waals surface area (Å²) in [5, 5.41) is 11.2. The summed E-state index contributed by atoms with van der Waals surface area (Å²) in [6, 6.07) is 3.78. The Labute approximate surface area is 63.9 Å². The Morgan fingerprint density at radius 3 is 3.10 bits per heavy atom. The lowest BCUT2D eigenvalue weighted by atomic mass is 10.3. The van der Waals surface area contributed by atoms with Crippen LogP contribution >= 0.6 is 11.3 Å². The molecular weight excluding hydrogens is 144 g/mol. The minimum absolute atomic E-state index is 0.530. The van der Waals surface area contributed by atoms with Gasteiger partial charge < -0.3 is 5.11 Å². The molecule has 0 aromatic carbocycles. The van der Waals surface area contributed by atoms with Crippen LogP contribution in [0.2, 0.25) is 0 Å². The van der Waals surface area contributed by atoms with Crippen molar-refractivity contribution in [2.24, 2.45) is 0 Å². The van der Waals surface area contributed by atoms with Crippen LogP contribution in [0.25, 0.3) is 0 Å². The van der Waals surface area contributed by atoms with Crippen LogP contribution in [0, 0.1) is 0 Å². The molecule has 1 aromatic heterocycles. The quantitative estimate of drug-likeness (QED) is 0.643.